The lowest BCUT2D eigenvalue weighted by atomic mass is 9.97. The molecule has 0 amide bonds. The molecule has 0 bridgehead atoms. The first-order valence-electron chi connectivity index (χ1n) is 5.56. The predicted molar refractivity (Wildman–Crippen MR) is 63.5 cm³/mol. The van der Waals surface area contributed by atoms with Gasteiger partial charge in [0.15, 0.2) is 0 Å². The maximum Gasteiger partial charge on any atom is 0.105 e. The Morgan fingerprint density at radius 3 is 3.12 bits per heavy atom. The summed E-state index contributed by atoms with van der Waals surface area (Å²) in [5.74, 6) is 0. The number of ether oxygens (including phenoxy) is 1. The largest absolute Gasteiger partial charge is 0.386 e. The summed E-state index contributed by atoms with van der Waals surface area (Å²) in [5.41, 5.74) is -0.709. The quantitative estimate of drug-likeness (QED) is 0.829. The van der Waals surface area contributed by atoms with Gasteiger partial charge >= 0.3 is 0 Å². The van der Waals surface area contributed by atoms with Crippen LogP contribution < -0.4 is 5.32 Å². The second kappa shape index (κ2) is 4.79. The summed E-state index contributed by atoms with van der Waals surface area (Å²) in [6, 6.07) is 0. The van der Waals surface area contributed by atoms with Gasteiger partial charge in [-0.15, -0.1) is 11.3 Å². The molecule has 0 radical (unpaired) electrons. The van der Waals surface area contributed by atoms with E-state index in [9.17, 15) is 5.11 Å². The predicted octanol–water partition coefficient (Wildman–Crippen LogP) is 1.08. The standard InChI is InChI=1S/C11H18N2O2S/c1-8-11(14,3-4-15-8)7-12-5-10-6-13-9(2)16-10/h6,8,12,14H,3-5,7H2,1-2H3. The Bertz CT molecular complexity index is 356. The van der Waals surface area contributed by atoms with E-state index in [0.717, 1.165) is 11.6 Å². The number of hydrogen-bond acceptors (Lipinski definition) is 5. The Labute approximate surface area is 99.7 Å². The summed E-state index contributed by atoms with van der Waals surface area (Å²) in [6.45, 7) is 5.91. The van der Waals surface area contributed by atoms with Gasteiger partial charge in [-0.2, -0.15) is 0 Å². The molecule has 2 rings (SSSR count). The number of rotatable bonds is 4. The van der Waals surface area contributed by atoms with E-state index in [4.69, 9.17) is 4.74 Å². The molecule has 1 aliphatic heterocycles. The highest BCUT2D eigenvalue weighted by atomic mass is 32.1. The van der Waals surface area contributed by atoms with E-state index in [-0.39, 0.29) is 6.10 Å². The highest BCUT2D eigenvalue weighted by Crippen LogP contribution is 2.24. The average molecular weight is 242 g/mol. The van der Waals surface area contributed by atoms with E-state index in [1.807, 2.05) is 20.0 Å². The van der Waals surface area contributed by atoms with Gasteiger partial charge < -0.3 is 15.2 Å². The summed E-state index contributed by atoms with van der Waals surface area (Å²) in [4.78, 5) is 5.39. The third-order valence-electron chi connectivity index (χ3n) is 3.06. The Morgan fingerprint density at radius 1 is 1.75 bits per heavy atom. The van der Waals surface area contributed by atoms with Crippen molar-refractivity contribution in [2.24, 2.45) is 0 Å². The van der Waals surface area contributed by atoms with Crippen LogP contribution in [0.3, 0.4) is 0 Å². The molecule has 0 aliphatic carbocycles. The molecule has 2 atom stereocenters. The smallest absolute Gasteiger partial charge is 0.105 e. The van der Waals surface area contributed by atoms with Crippen molar-refractivity contribution < 1.29 is 9.84 Å². The third-order valence-corrected chi connectivity index (χ3v) is 3.97. The van der Waals surface area contributed by atoms with Gasteiger partial charge in [-0.25, -0.2) is 4.98 Å². The molecule has 90 valence electrons. The van der Waals surface area contributed by atoms with Crippen molar-refractivity contribution in [1.82, 2.24) is 10.3 Å². The Morgan fingerprint density at radius 2 is 2.56 bits per heavy atom. The molecule has 1 aliphatic rings. The molecule has 2 N–H and O–H groups in total. The second-order valence-electron chi connectivity index (χ2n) is 4.32. The first kappa shape index (κ1) is 12.0. The fourth-order valence-electron chi connectivity index (χ4n) is 1.89. The van der Waals surface area contributed by atoms with Gasteiger partial charge in [0, 0.05) is 37.2 Å². The molecule has 0 spiro atoms. The number of aliphatic hydroxyl groups is 1. The van der Waals surface area contributed by atoms with Gasteiger partial charge in [0.2, 0.25) is 0 Å². The zero-order valence-electron chi connectivity index (χ0n) is 9.69. The number of thiazole rings is 1. The lowest BCUT2D eigenvalue weighted by Gasteiger charge is -2.26. The molecule has 1 fully saturated rings. The van der Waals surface area contributed by atoms with Crippen LogP contribution in [0.4, 0.5) is 0 Å². The summed E-state index contributed by atoms with van der Waals surface area (Å²) in [6.07, 6.45) is 2.51. The lowest BCUT2D eigenvalue weighted by molar-refractivity contribution is -0.0262. The molecule has 2 heterocycles. The average Bonchev–Trinajstić information content (AvgIpc) is 2.76. The fraction of sp³-hybridized carbons (Fsp3) is 0.727. The molecule has 4 nitrogen and oxygen atoms in total. The van der Waals surface area contributed by atoms with Crippen LogP contribution in [0.1, 0.15) is 23.2 Å². The molecule has 1 aromatic heterocycles. The molecular weight excluding hydrogens is 224 g/mol. The van der Waals surface area contributed by atoms with Crippen LogP contribution in [0.2, 0.25) is 0 Å². The van der Waals surface area contributed by atoms with E-state index in [0.29, 0.717) is 19.6 Å². The molecule has 2 unspecified atom stereocenters. The van der Waals surface area contributed by atoms with Crippen molar-refractivity contribution in [2.45, 2.75) is 38.5 Å². The van der Waals surface area contributed by atoms with Crippen molar-refractivity contribution in [3.8, 4) is 0 Å². The monoisotopic (exact) mass is 242 g/mol. The van der Waals surface area contributed by atoms with Crippen LogP contribution >= 0.6 is 11.3 Å². The highest BCUT2D eigenvalue weighted by Gasteiger charge is 2.38. The van der Waals surface area contributed by atoms with Crippen LogP contribution in [0, 0.1) is 6.92 Å². The number of nitrogens with zero attached hydrogens (tertiary/aromatic N) is 1. The first-order chi connectivity index (χ1) is 7.60. The summed E-state index contributed by atoms with van der Waals surface area (Å²) >= 11 is 1.68. The number of hydrogen-bond donors (Lipinski definition) is 2. The van der Waals surface area contributed by atoms with Crippen LogP contribution in [-0.2, 0) is 11.3 Å². The highest BCUT2D eigenvalue weighted by molar-refractivity contribution is 7.11. The minimum absolute atomic E-state index is 0.0804. The van der Waals surface area contributed by atoms with Crippen LogP contribution in [-0.4, -0.2) is 34.9 Å². The summed E-state index contributed by atoms with van der Waals surface area (Å²) < 4.78 is 5.38. The number of nitrogens with one attached hydrogen (secondary N) is 1. The Kier molecular flexibility index (Phi) is 3.59. The minimum Gasteiger partial charge on any atom is -0.386 e. The first-order valence-corrected chi connectivity index (χ1v) is 6.38. The molecule has 5 heteroatoms. The van der Waals surface area contributed by atoms with Gasteiger partial charge in [0.05, 0.1) is 11.1 Å². The summed E-state index contributed by atoms with van der Waals surface area (Å²) in [7, 11) is 0. The minimum atomic E-state index is -0.709. The molecule has 0 aromatic carbocycles. The van der Waals surface area contributed by atoms with Crippen molar-refractivity contribution in [1.29, 1.82) is 0 Å². The topological polar surface area (TPSA) is 54.4 Å². The van der Waals surface area contributed by atoms with Crippen molar-refractivity contribution in [3.05, 3.63) is 16.1 Å². The van der Waals surface area contributed by atoms with E-state index < -0.39 is 5.60 Å². The third kappa shape index (κ3) is 2.60. The molecule has 1 saturated heterocycles. The van der Waals surface area contributed by atoms with Gasteiger partial charge in [-0.05, 0) is 13.8 Å². The fourth-order valence-corrected chi connectivity index (χ4v) is 2.66. The summed E-state index contributed by atoms with van der Waals surface area (Å²) in [5, 5.41) is 14.6. The molecule has 0 saturated carbocycles. The van der Waals surface area contributed by atoms with Gasteiger partial charge in [0.1, 0.15) is 5.60 Å². The second-order valence-corrected chi connectivity index (χ2v) is 5.64. The molecule has 16 heavy (non-hydrogen) atoms. The van der Waals surface area contributed by atoms with E-state index in [1.54, 1.807) is 11.3 Å². The van der Waals surface area contributed by atoms with Gasteiger partial charge in [0.25, 0.3) is 0 Å². The molecule has 1 aromatic rings. The van der Waals surface area contributed by atoms with Crippen LogP contribution in [0.5, 0.6) is 0 Å². The Hall–Kier alpha value is -0.490. The molecular formula is C11H18N2O2S. The SMILES string of the molecule is Cc1ncc(CNCC2(O)CCOC2C)s1. The number of aromatic nitrogens is 1. The normalized spacial score (nSPS) is 29.8. The number of aryl methyl sites for hydroxylation is 1. The van der Waals surface area contributed by atoms with Crippen LogP contribution in [0.25, 0.3) is 0 Å². The lowest BCUT2D eigenvalue weighted by Crippen LogP contribution is -2.45. The zero-order chi connectivity index (χ0) is 11.6. The van der Waals surface area contributed by atoms with Crippen molar-refractivity contribution in [3.63, 3.8) is 0 Å². The van der Waals surface area contributed by atoms with E-state index >= 15 is 0 Å². The van der Waals surface area contributed by atoms with Crippen molar-refractivity contribution >= 4 is 11.3 Å². The zero-order valence-corrected chi connectivity index (χ0v) is 10.5. The van der Waals surface area contributed by atoms with Gasteiger partial charge in [-0.1, -0.05) is 0 Å². The van der Waals surface area contributed by atoms with E-state index in [2.05, 4.69) is 10.3 Å². The maximum atomic E-state index is 10.2. The maximum absolute atomic E-state index is 10.2. The van der Waals surface area contributed by atoms with Gasteiger partial charge in [-0.3, -0.25) is 0 Å². The van der Waals surface area contributed by atoms with E-state index in [1.165, 1.54) is 4.88 Å². The Balaban J connectivity index is 1.79. The van der Waals surface area contributed by atoms with Crippen LogP contribution in [0.15, 0.2) is 6.20 Å². The van der Waals surface area contributed by atoms with Crippen molar-refractivity contribution in [2.75, 3.05) is 13.2 Å².